The molecule has 0 saturated heterocycles. The summed E-state index contributed by atoms with van der Waals surface area (Å²) in [6, 6.07) is 67.2. The summed E-state index contributed by atoms with van der Waals surface area (Å²) in [5.74, 6) is 0. The lowest BCUT2D eigenvalue weighted by molar-refractivity contribution is 1.19. The van der Waals surface area contributed by atoms with E-state index in [4.69, 9.17) is 0 Å². The van der Waals surface area contributed by atoms with Gasteiger partial charge in [-0.3, -0.25) is 0 Å². The van der Waals surface area contributed by atoms with Gasteiger partial charge in [0.2, 0.25) is 0 Å². The van der Waals surface area contributed by atoms with Crippen molar-refractivity contribution in [2.45, 2.75) is 0 Å². The zero-order chi connectivity index (χ0) is 34.6. The molecule has 0 aliphatic heterocycles. The van der Waals surface area contributed by atoms with Crippen molar-refractivity contribution in [3.8, 4) is 22.5 Å². The Morgan fingerprint density at radius 1 is 0.377 bits per heavy atom. The first-order valence-electron chi connectivity index (χ1n) is 18.2. The summed E-state index contributed by atoms with van der Waals surface area (Å²) in [7, 11) is 0. The lowest BCUT2D eigenvalue weighted by atomic mass is 9.97. The maximum absolute atomic E-state index is 2.50. The summed E-state index contributed by atoms with van der Waals surface area (Å²) in [5.41, 5.74) is 9.83. The van der Waals surface area contributed by atoms with Gasteiger partial charge in [-0.05, 0) is 76.3 Å². The first-order chi connectivity index (χ1) is 26.3. The number of fused-ring (bicyclic) bond motifs is 12. The molecule has 12 aromatic rings. The van der Waals surface area contributed by atoms with Gasteiger partial charge in [0.1, 0.15) is 0 Å². The highest BCUT2D eigenvalue weighted by Crippen LogP contribution is 2.48. The van der Waals surface area contributed by atoms with E-state index in [1.807, 2.05) is 11.3 Å². The summed E-state index contributed by atoms with van der Waals surface area (Å²) >= 11 is 1.91. The maximum atomic E-state index is 2.50. The van der Waals surface area contributed by atoms with E-state index >= 15 is 0 Å². The minimum Gasteiger partial charge on any atom is -0.309 e. The SMILES string of the molecule is c1ccc2cc(-n3c4ccccc4c4cc(-c5ccc6c(c5)c5ccccc5n6-c5cccc6ccccc56)c5sc6ccccc6c5c43)ccc2c1. The standard InChI is InChI=1S/C50H30N2S/c1-2-14-33-28-35(26-24-31(33)12-1)51-44-20-8-6-18-38(44)42-30-40(50-48(49(42)51)39-19-7-10-23-47(39)53-50)34-25-27-46-41(29-34)37-17-5-9-21-45(37)52(46)43-22-11-15-32-13-3-4-16-36(32)43/h1-30H. The van der Waals surface area contributed by atoms with Gasteiger partial charge >= 0.3 is 0 Å². The summed E-state index contributed by atoms with van der Waals surface area (Å²) in [5, 5.41) is 12.7. The molecule has 9 aromatic carbocycles. The van der Waals surface area contributed by atoms with Crippen LogP contribution in [0.2, 0.25) is 0 Å². The summed E-state index contributed by atoms with van der Waals surface area (Å²) < 4.78 is 7.58. The van der Waals surface area contributed by atoms with Crippen molar-refractivity contribution in [3.63, 3.8) is 0 Å². The molecule has 0 N–H and O–H groups in total. The van der Waals surface area contributed by atoms with Crippen molar-refractivity contribution in [3.05, 3.63) is 182 Å². The van der Waals surface area contributed by atoms with Crippen LogP contribution in [-0.4, -0.2) is 9.13 Å². The third kappa shape index (κ3) is 4.08. The Bertz CT molecular complexity index is 3460. The molecular formula is C50H30N2S. The number of para-hydroxylation sites is 2. The molecule has 2 nitrogen and oxygen atoms in total. The molecule has 0 atom stereocenters. The Morgan fingerprint density at radius 2 is 1.02 bits per heavy atom. The Morgan fingerprint density at radius 3 is 1.87 bits per heavy atom. The fourth-order valence-corrected chi connectivity index (χ4v) is 10.2. The van der Waals surface area contributed by atoms with Crippen molar-refractivity contribution in [2.24, 2.45) is 0 Å². The predicted molar refractivity (Wildman–Crippen MR) is 228 cm³/mol. The topological polar surface area (TPSA) is 9.86 Å². The van der Waals surface area contributed by atoms with Gasteiger partial charge in [-0.2, -0.15) is 0 Å². The van der Waals surface area contributed by atoms with E-state index in [2.05, 4.69) is 191 Å². The average molecular weight is 691 g/mol. The Hall–Kier alpha value is -6.68. The normalized spacial score (nSPS) is 12.2. The van der Waals surface area contributed by atoms with Gasteiger partial charge in [-0.25, -0.2) is 0 Å². The molecule has 3 heteroatoms. The quantitative estimate of drug-likeness (QED) is 0.175. The maximum Gasteiger partial charge on any atom is 0.0634 e. The second-order valence-corrected chi connectivity index (χ2v) is 15.1. The van der Waals surface area contributed by atoms with Crippen LogP contribution in [0.1, 0.15) is 0 Å². The van der Waals surface area contributed by atoms with E-state index in [1.54, 1.807) is 0 Å². The van der Waals surface area contributed by atoms with Crippen LogP contribution >= 0.6 is 11.3 Å². The van der Waals surface area contributed by atoms with Crippen LogP contribution in [0.5, 0.6) is 0 Å². The van der Waals surface area contributed by atoms with Gasteiger partial charge in [-0.15, -0.1) is 11.3 Å². The highest BCUT2D eigenvalue weighted by Gasteiger charge is 2.22. The van der Waals surface area contributed by atoms with Gasteiger partial charge in [0.05, 0.1) is 27.8 Å². The number of benzene rings is 9. The summed E-state index contributed by atoms with van der Waals surface area (Å²) in [6.07, 6.45) is 0. The number of nitrogens with zero attached hydrogens (tertiary/aromatic N) is 2. The molecule has 0 fully saturated rings. The van der Waals surface area contributed by atoms with Crippen LogP contribution < -0.4 is 0 Å². The van der Waals surface area contributed by atoms with E-state index in [0.717, 1.165) is 0 Å². The molecule has 246 valence electrons. The highest BCUT2D eigenvalue weighted by molar-refractivity contribution is 7.26. The van der Waals surface area contributed by atoms with Crippen LogP contribution in [0.15, 0.2) is 182 Å². The van der Waals surface area contributed by atoms with Crippen LogP contribution in [0.3, 0.4) is 0 Å². The number of hydrogen-bond donors (Lipinski definition) is 0. The Kier molecular flexibility index (Phi) is 5.96. The predicted octanol–water partition coefficient (Wildman–Crippen LogP) is 14.2. The highest BCUT2D eigenvalue weighted by atomic mass is 32.1. The van der Waals surface area contributed by atoms with Crippen molar-refractivity contribution < 1.29 is 0 Å². The molecule has 0 saturated carbocycles. The van der Waals surface area contributed by atoms with Gasteiger partial charge in [-0.1, -0.05) is 127 Å². The lowest BCUT2D eigenvalue weighted by Gasteiger charge is -2.13. The van der Waals surface area contributed by atoms with E-state index in [0.29, 0.717) is 0 Å². The van der Waals surface area contributed by atoms with Gasteiger partial charge < -0.3 is 9.13 Å². The van der Waals surface area contributed by atoms with Gasteiger partial charge in [0.15, 0.2) is 0 Å². The molecule has 3 heterocycles. The second kappa shape index (κ2) is 10.9. The molecule has 0 bridgehead atoms. The van der Waals surface area contributed by atoms with E-state index in [9.17, 15) is 0 Å². The van der Waals surface area contributed by atoms with Gasteiger partial charge in [0, 0.05) is 58.4 Å². The number of hydrogen-bond acceptors (Lipinski definition) is 1. The summed E-state index contributed by atoms with van der Waals surface area (Å²) in [6.45, 7) is 0. The summed E-state index contributed by atoms with van der Waals surface area (Å²) in [4.78, 5) is 0. The Balaban J connectivity index is 1.19. The van der Waals surface area contributed by atoms with Crippen molar-refractivity contribution >= 4 is 96.7 Å². The molecule has 53 heavy (non-hydrogen) atoms. The molecule has 0 aliphatic carbocycles. The van der Waals surface area contributed by atoms with Gasteiger partial charge in [0.25, 0.3) is 0 Å². The minimum atomic E-state index is 1.18. The molecule has 0 amide bonds. The first kappa shape index (κ1) is 29.0. The van der Waals surface area contributed by atoms with Crippen LogP contribution in [0, 0.1) is 0 Å². The third-order valence-corrected chi connectivity index (χ3v) is 12.5. The van der Waals surface area contributed by atoms with Crippen molar-refractivity contribution in [1.29, 1.82) is 0 Å². The molecule has 0 radical (unpaired) electrons. The molecule has 12 rings (SSSR count). The van der Waals surface area contributed by atoms with Crippen molar-refractivity contribution in [1.82, 2.24) is 9.13 Å². The molecule has 0 spiro atoms. The monoisotopic (exact) mass is 690 g/mol. The van der Waals surface area contributed by atoms with Crippen LogP contribution in [0.25, 0.3) is 108 Å². The fraction of sp³-hybridized carbons (Fsp3) is 0. The minimum absolute atomic E-state index is 1.18. The molecule has 0 aliphatic rings. The zero-order valence-electron chi connectivity index (χ0n) is 28.6. The van der Waals surface area contributed by atoms with Crippen LogP contribution in [0.4, 0.5) is 0 Å². The molecule has 0 unspecified atom stereocenters. The number of rotatable bonds is 3. The van der Waals surface area contributed by atoms with E-state index < -0.39 is 0 Å². The number of thiophene rings is 1. The number of aromatic nitrogens is 2. The van der Waals surface area contributed by atoms with Crippen molar-refractivity contribution in [2.75, 3.05) is 0 Å². The third-order valence-electron chi connectivity index (χ3n) is 11.3. The fourth-order valence-electron chi connectivity index (χ4n) is 8.94. The molecular weight excluding hydrogens is 661 g/mol. The molecule has 3 aromatic heterocycles. The first-order valence-corrected chi connectivity index (χ1v) is 19.0. The largest absolute Gasteiger partial charge is 0.309 e. The van der Waals surface area contributed by atoms with E-state index in [1.165, 1.54) is 108 Å². The zero-order valence-corrected chi connectivity index (χ0v) is 29.4. The van der Waals surface area contributed by atoms with E-state index in [-0.39, 0.29) is 0 Å². The lowest BCUT2D eigenvalue weighted by Crippen LogP contribution is -1.95. The Labute approximate surface area is 309 Å². The average Bonchev–Trinajstić information content (AvgIpc) is 3.88. The van der Waals surface area contributed by atoms with Crippen LogP contribution in [-0.2, 0) is 0 Å². The second-order valence-electron chi connectivity index (χ2n) is 14.1. The smallest absolute Gasteiger partial charge is 0.0634 e.